The number of fused-ring (bicyclic) bond motifs is 3. The molecule has 9 rings (SSSR count). The molecule has 0 spiro atoms. The number of hydrogen-bond donors (Lipinski definition) is 0. The van der Waals surface area contributed by atoms with E-state index in [4.69, 9.17) is 4.98 Å². The van der Waals surface area contributed by atoms with Crippen molar-refractivity contribution in [3.8, 4) is 5.82 Å². The first-order valence-electron chi connectivity index (χ1n) is 19.5. The van der Waals surface area contributed by atoms with Crippen molar-refractivity contribution in [1.82, 2.24) is 9.55 Å². The van der Waals surface area contributed by atoms with Gasteiger partial charge in [-0.3, -0.25) is 0 Å². The molecule has 1 aliphatic heterocycles. The fourth-order valence-corrected chi connectivity index (χ4v) is 13.1. The Morgan fingerprint density at radius 2 is 1.24 bits per heavy atom. The molecule has 0 saturated carbocycles. The molecule has 6 heteroatoms. The summed E-state index contributed by atoms with van der Waals surface area (Å²) in [5.41, 5.74) is 9.57. The Balaban J connectivity index is 0.00000256. The minimum absolute atomic E-state index is 0. The number of para-hydroxylation sites is 1. The molecule has 4 nitrogen and oxygen atoms in total. The largest absolute Gasteiger partial charge is 0.358 e. The second-order valence-corrected chi connectivity index (χ2v) is 19.9. The molecule has 58 heavy (non-hydrogen) atoms. The Bertz CT molecular complexity index is 2730. The zero-order valence-corrected chi connectivity index (χ0v) is 37.6. The van der Waals surface area contributed by atoms with E-state index in [2.05, 4.69) is 220 Å². The minimum atomic E-state index is -3.03. The van der Waals surface area contributed by atoms with Gasteiger partial charge in [0.25, 0.3) is 0 Å². The van der Waals surface area contributed by atoms with Gasteiger partial charge in [-0.15, -0.1) is 11.5 Å². The molecule has 0 unspecified atom stereocenters. The smallest absolute Gasteiger partial charge is 0.135 e. The van der Waals surface area contributed by atoms with Gasteiger partial charge in [0.15, 0.2) is 0 Å². The number of pyridine rings is 1. The van der Waals surface area contributed by atoms with Crippen LogP contribution in [0.25, 0.3) is 27.6 Å². The molecule has 1 aliphatic rings. The Labute approximate surface area is 359 Å². The Hall–Kier alpha value is -5.48. The molecule has 8 aromatic rings. The first-order valence-corrected chi connectivity index (χ1v) is 21.5. The molecular weight excluding hydrogens is 904 g/mol. The number of aryl methyl sites for hydroxylation is 3. The van der Waals surface area contributed by atoms with Crippen LogP contribution in [0.15, 0.2) is 158 Å². The molecule has 0 fully saturated rings. The number of aromatic nitrogens is 2. The predicted octanol–water partition coefficient (Wildman–Crippen LogP) is 9.58. The first kappa shape index (κ1) is 40.7. The zero-order valence-electron chi connectivity index (χ0n) is 34.3. The molecule has 0 N–H and O–H groups in total. The van der Waals surface area contributed by atoms with Gasteiger partial charge in [-0.25, -0.2) is 4.98 Å². The number of rotatable bonds is 7. The molecule has 6 aromatic carbocycles. The Morgan fingerprint density at radius 3 is 1.95 bits per heavy atom. The molecule has 0 aliphatic carbocycles. The van der Waals surface area contributed by atoms with E-state index in [0.29, 0.717) is 6.67 Å². The van der Waals surface area contributed by atoms with Gasteiger partial charge in [0.2, 0.25) is 0 Å². The van der Waals surface area contributed by atoms with Crippen LogP contribution in [-0.4, -0.2) is 24.3 Å². The van der Waals surface area contributed by atoms with Gasteiger partial charge in [0, 0.05) is 50.9 Å². The van der Waals surface area contributed by atoms with Crippen LogP contribution >= 0.6 is 0 Å². The van der Waals surface area contributed by atoms with Crippen molar-refractivity contribution in [1.29, 1.82) is 0 Å². The van der Waals surface area contributed by atoms with E-state index in [9.17, 15) is 0 Å². The van der Waals surface area contributed by atoms with Gasteiger partial charge in [-0.05, 0) is 88.5 Å². The first-order chi connectivity index (χ1) is 27.1. The average molecular weight is 953 g/mol. The Kier molecular flexibility index (Phi) is 11.3. The summed E-state index contributed by atoms with van der Waals surface area (Å²) in [6.45, 7) is 14.1. The van der Waals surface area contributed by atoms with E-state index < -0.39 is 8.07 Å². The summed E-state index contributed by atoms with van der Waals surface area (Å²) in [5.74, 6) is 0.904. The number of benzene rings is 6. The molecule has 3 heterocycles. The van der Waals surface area contributed by atoms with Crippen molar-refractivity contribution in [2.75, 3.05) is 16.5 Å². The molecule has 2 aromatic heterocycles. The van der Waals surface area contributed by atoms with E-state index in [0.717, 1.165) is 27.9 Å². The van der Waals surface area contributed by atoms with Gasteiger partial charge in [0.05, 0.1) is 6.67 Å². The van der Waals surface area contributed by atoms with Crippen molar-refractivity contribution in [3.05, 3.63) is 200 Å². The van der Waals surface area contributed by atoms with Crippen molar-refractivity contribution >= 4 is 62.0 Å². The molecule has 0 bridgehead atoms. The second kappa shape index (κ2) is 16.0. The fraction of sp³-hybridized carbons (Fsp3) is 0.154. The van der Waals surface area contributed by atoms with E-state index in [1.807, 2.05) is 6.20 Å². The monoisotopic (exact) mass is 952 g/mol. The molecule has 0 saturated heterocycles. The number of nitrogens with zero attached hydrogens (tertiary/aromatic N) is 4. The van der Waals surface area contributed by atoms with Crippen LogP contribution in [-0.2, 0) is 26.5 Å². The molecule has 0 atom stereocenters. The van der Waals surface area contributed by atoms with E-state index in [1.54, 1.807) is 0 Å². The maximum Gasteiger partial charge on any atom is 0.135 e. The summed E-state index contributed by atoms with van der Waals surface area (Å²) >= 11 is 0. The minimum Gasteiger partial charge on any atom is -0.358 e. The SMILES string of the molecule is Cc1cc(C)c(N2C=CN(c3[c-]c([Si](c4[c-]c5c(cc4)c4ccccc4n5-c4cc(C(C)(C)C)ccn4)(c4ccccc4)c4ccccc4)ccc3)C2)cc1C.[CH3-].[Pt]. The van der Waals surface area contributed by atoms with Crippen molar-refractivity contribution in [2.45, 2.75) is 47.0 Å². The van der Waals surface area contributed by atoms with Crippen LogP contribution in [0.4, 0.5) is 11.4 Å². The van der Waals surface area contributed by atoms with Gasteiger partial charge in [0.1, 0.15) is 13.9 Å². The molecule has 0 amide bonds. The van der Waals surface area contributed by atoms with E-state index >= 15 is 0 Å². The summed E-state index contributed by atoms with van der Waals surface area (Å²) in [6, 6.07) is 59.3. The summed E-state index contributed by atoms with van der Waals surface area (Å²) in [6.07, 6.45) is 6.33. The van der Waals surface area contributed by atoms with Crippen molar-refractivity contribution in [3.63, 3.8) is 0 Å². The summed E-state index contributed by atoms with van der Waals surface area (Å²) < 4.78 is 2.32. The van der Waals surface area contributed by atoms with Crippen molar-refractivity contribution in [2.24, 2.45) is 0 Å². The van der Waals surface area contributed by atoms with Gasteiger partial charge < -0.3 is 21.8 Å². The fourth-order valence-electron chi connectivity index (χ4n) is 8.50. The molecular formula is C52H49N4PtSi-3. The average Bonchev–Trinajstić information content (AvgIpc) is 3.84. The summed E-state index contributed by atoms with van der Waals surface area (Å²) in [7, 11) is -3.03. The van der Waals surface area contributed by atoms with E-state index in [-0.39, 0.29) is 33.9 Å². The quantitative estimate of drug-likeness (QED) is 0.0905. The van der Waals surface area contributed by atoms with Gasteiger partial charge in [-0.1, -0.05) is 117 Å². The number of hydrogen-bond acceptors (Lipinski definition) is 3. The third kappa shape index (κ3) is 6.95. The maximum atomic E-state index is 4.99. The molecule has 294 valence electrons. The van der Waals surface area contributed by atoms with Crippen LogP contribution in [0.1, 0.15) is 43.0 Å². The van der Waals surface area contributed by atoms with Crippen LogP contribution in [0, 0.1) is 40.3 Å². The number of anilines is 2. The van der Waals surface area contributed by atoms with Gasteiger partial charge >= 0.3 is 0 Å². The summed E-state index contributed by atoms with van der Waals surface area (Å²) in [4.78, 5) is 9.64. The summed E-state index contributed by atoms with van der Waals surface area (Å²) in [5, 5.41) is 7.30. The van der Waals surface area contributed by atoms with E-state index in [1.165, 1.54) is 54.1 Å². The van der Waals surface area contributed by atoms with Crippen LogP contribution in [0.2, 0.25) is 0 Å². The normalized spacial score (nSPS) is 12.9. The maximum absolute atomic E-state index is 4.99. The van der Waals surface area contributed by atoms with Gasteiger partial charge in [-0.2, -0.15) is 46.8 Å². The molecule has 0 radical (unpaired) electrons. The van der Waals surface area contributed by atoms with Crippen LogP contribution in [0.5, 0.6) is 0 Å². The van der Waals surface area contributed by atoms with Crippen LogP contribution in [0.3, 0.4) is 0 Å². The Morgan fingerprint density at radius 1 is 0.603 bits per heavy atom. The zero-order chi connectivity index (χ0) is 38.6. The van der Waals surface area contributed by atoms with Crippen LogP contribution < -0.4 is 30.5 Å². The predicted molar refractivity (Wildman–Crippen MR) is 245 cm³/mol. The third-order valence-electron chi connectivity index (χ3n) is 11.6. The van der Waals surface area contributed by atoms with Crippen molar-refractivity contribution < 1.29 is 21.1 Å². The standard InChI is InChI=1S/C51H46N4Si.CH3.Pt/c1-36-30-38(3)48(31-37(36)2)54-29-28-53(35-54)40-16-15-21-43(33-40)56(41-17-9-7-10-18-41,42-19-11-8-12-20-42)44-24-25-46-45-22-13-14-23-47(45)55(49(46)34-44)50-32-39(26-27-52-50)51(4,5)6;;/h7-32H,35H2,1-6H3;1H3;/q-2;-1;. The topological polar surface area (TPSA) is 24.3 Å². The second-order valence-electron chi connectivity index (χ2n) is 16.2. The third-order valence-corrected chi connectivity index (χ3v) is 16.2.